The average molecular weight is 505 g/mol. The van der Waals surface area contributed by atoms with Crippen molar-refractivity contribution in [2.24, 2.45) is 5.92 Å². The summed E-state index contributed by atoms with van der Waals surface area (Å²) in [6.45, 7) is 5.71. The fraction of sp³-hybridized carbons (Fsp3) is 0.923. The van der Waals surface area contributed by atoms with Crippen LogP contribution in [-0.2, 0) is 19.1 Å². The molecule has 3 unspecified atom stereocenters. The number of unbranched alkanes of at least 4 members (excludes halogenated alkanes) is 9. The zero-order valence-corrected chi connectivity index (χ0v) is 21.7. The lowest BCUT2D eigenvalue weighted by molar-refractivity contribution is -0.302. The molecule has 0 aromatic heterocycles. The molecule has 1 heterocycles. The first kappa shape index (κ1) is 31.9. The molecule has 0 saturated carbocycles. The topological polar surface area (TPSA) is 154 Å². The van der Waals surface area contributed by atoms with Gasteiger partial charge in [-0.25, -0.2) is 0 Å². The minimum Gasteiger partial charge on any atom is -0.481 e. The standard InChI is InChI=1S/C26H48O9/c1-4-6-8-10-12-14-16-19(35-26-24(31)23(30)21(28)17(3)34-26)22(29)20(25(32)33)18(27)15-13-11-9-7-5-2/h17-21,23-24,26-28,30-31H,4-16H2,1-3H3,(H,32,33)/t17-,18?,19?,20?,21-,23+,24+,26-/m0/s1. The first-order chi connectivity index (χ1) is 16.6. The van der Waals surface area contributed by atoms with E-state index in [-0.39, 0.29) is 12.8 Å². The lowest BCUT2D eigenvalue weighted by atomic mass is 9.88. The van der Waals surface area contributed by atoms with Crippen molar-refractivity contribution >= 4 is 11.8 Å². The van der Waals surface area contributed by atoms with Gasteiger partial charge in [-0.2, -0.15) is 0 Å². The van der Waals surface area contributed by atoms with E-state index in [9.17, 15) is 35.1 Å². The number of rotatable bonds is 19. The van der Waals surface area contributed by atoms with E-state index in [1.54, 1.807) is 0 Å². The normalized spacial score (nSPS) is 27.3. The summed E-state index contributed by atoms with van der Waals surface area (Å²) in [6, 6.07) is 0. The van der Waals surface area contributed by atoms with Gasteiger partial charge < -0.3 is 35.0 Å². The SMILES string of the molecule is CCCCCCCCC(O[C@@H]1O[C@@H](C)[C@H](O)[C@@H](O)[C@H]1O)C(=O)C(C(=O)O)C(O)CCCCCCC. The maximum absolute atomic E-state index is 13.3. The van der Waals surface area contributed by atoms with Crippen molar-refractivity contribution in [1.29, 1.82) is 0 Å². The molecule has 1 aliphatic rings. The van der Waals surface area contributed by atoms with E-state index >= 15 is 0 Å². The van der Waals surface area contributed by atoms with Gasteiger partial charge in [0.1, 0.15) is 30.3 Å². The van der Waals surface area contributed by atoms with Crippen molar-refractivity contribution in [2.45, 2.75) is 147 Å². The predicted octanol–water partition coefficient (Wildman–Crippen LogP) is 2.94. The monoisotopic (exact) mass is 504 g/mol. The molecular weight excluding hydrogens is 456 g/mol. The van der Waals surface area contributed by atoms with Crippen LogP contribution in [0.4, 0.5) is 0 Å². The van der Waals surface area contributed by atoms with Crippen LogP contribution in [0.15, 0.2) is 0 Å². The molecule has 1 fully saturated rings. The molecule has 8 atom stereocenters. The lowest BCUT2D eigenvalue weighted by Crippen LogP contribution is -2.58. The number of carbonyl (C=O) groups is 2. The van der Waals surface area contributed by atoms with E-state index in [0.717, 1.165) is 57.8 Å². The number of aliphatic hydroxyl groups is 4. The quantitative estimate of drug-likeness (QED) is 0.132. The van der Waals surface area contributed by atoms with Gasteiger partial charge in [-0.05, 0) is 19.8 Å². The van der Waals surface area contributed by atoms with Crippen LogP contribution in [-0.4, -0.2) is 80.2 Å². The Labute approximate surface area is 209 Å². The summed E-state index contributed by atoms with van der Waals surface area (Å²) in [4.78, 5) is 25.3. The maximum atomic E-state index is 13.3. The Hall–Kier alpha value is -1.10. The molecule has 0 aliphatic carbocycles. The van der Waals surface area contributed by atoms with Gasteiger partial charge in [-0.1, -0.05) is 84.5 Å². The molecule has 0 amide bonds. The van der Waals surface area contributed by atoms with Crippen molar-refractivity contribution in [3.05, 3.63) is 0 Å². The Bertz CT molecular complexity index is 599. The van der Waals surface area contributed by atoms with Gasteiger partial charge in [0.2, 0.25) is 0 Å². The predicted molar refractivity (Wildman–Crippen MR) is 131 cm³/mol. The number of hydrogen-bond acceptors (Lipinski definition) is 8. The van der Waals surface area contributed by atoms with Crippen LogP contribution in [0.2, 0.25) is 0 Å². The molecule has 0 bridgehead atoms. The van der Waals surface area contributed by atoms with Crippen molar-refractivity contribution in [1.82, 2.24) is 0 Å². The summed E-state index contributed by atoms with van der Waals surface area (Å²) in [5.41, 5.74) is 0. The third kappa shape index (κ3) is 10.8. The summed E-state index contributed by atoms with van der Waals surface area (Å²) in [6.07, 6.45) is 1.38. The highest BCUT2D eigenvalue weighted by Gasteiger charge is 2.45. The van der Waals surface area contributed by atoms with Gasteiger partial charge in [0.15, 0.2) is 12.1 Å². The number of carboxylic acids is 1. The van der Waals surface area contributed by atoms with Gasteiger partial charge in [0.25, 0.3) is 0 Å². The molecule has 206 valence electrons. The second-order valence-electron chi connectivity index (χ2n) is 9.85. The zero-order chi connectivity index (χ0) is 26.4. The second kappa shape index (κ2) is 17.4. The highest BCUT2D eigenvalue weighted by Crippen LogP contribution is 2.26. The Morgan fingerprint density at radius 3 is 1.86 bits per heavy atom. The summed E-state index contributed by atoms with van der Waals surface area (Å²) in [5.74, 6) is -3.84. The highest BCUT2D eigenvalue weighted by molar-refractivity contribution is 6.01. The third-order valence-electron chi connectivity index (χ3n) is 6.80. The third-order valence-corrected chi connectivity index (χ3v) is 6.80. The van der Waals surface area contributed by atoms with Gasteiger partial charge in [0, 0.05) is 0 Å². The van der Waals surface area contributed by atoms with Crippen LogP contribution in [0.5, 0.6) is 0 Å². The van der Waals surface area contributed by atoms with Crippen LogP contribution in [0.1, 0.15) is 104 Å². The van der Waals surface area contributed by atoms with Crippen molar-refractivity contribution in [2.75, 3.05) is 0 Å². The van der Waals surface area contributed by atoms with Gasteiger partial charge in [-0.3, -0.25) is 9.59 Å². The summed E-state index contributed by atoms with van der Waals surface area (Å²) in [7, 11) is 0. The number of ether oxygens (including phenoxy) is 2. The average Bonchev–Trinajstić information content (AvgIpc) is 2.81. The Balaban J connectivity index is 2.90. The number of carboxylic acid groups (broad SMARTS) is 1. The first-order valence-electron chi connectivity index (χ1n) is 13.4. The lowest BCUT2D eigenvalue weighted by Gasteiger charge is -2.40. The van der Waals surface area contributed by atoms with Crippen LogP contribution in [0, 0.1) is 5.92 Å². The molecule has 1 rings (SSSR count). The highest BCUT2D eigenvalue weighted by atomic mass is 16.7. The zero-order valence-electron chi connectivity index (χ0n) is 21.7. The molecule has 0 radical (unpaired) electrons. The number of ketones is 1. The Morgan fingerprint density at radius 1 is 0.800 bits per heavy atom. The van der Waals surface area contributed by atoms with E-state index < -0.39 is 60.6 Å². The van der Waals surface area contributed by atoms with Crippen LogP contribution in [0.3, 0.4) is 0 Å². The molecule has 9 nitrogen and oxygen atoms in total. The number of carbonyl (C=O) groups excluding carboxylic acids is 1. The molecule has 5 N–H and O–H groups in total. The molecule has 1 aliphatic heterocycles. The number of aliphatic carboxylic acids is 1. The van der Waals surface area contributed by atoms with E-state index in [1.807, 2.05) is 0 Å². The van der Waals surface area contributed by atoms with E-state index in [2.05, 4.69) is 13.8 Å². The summed E-state index contributed by atoms with van der Waals surface area (Å²) < 4.78 is 11.2. The van der Waals surface area contributed by atoms with Gasteiger partial charge >= 0.3 is 5.97 Å². The molecule has 1 saturated heterocycles. The maximum Gasteiger partial charge on any atom is 0.316 e. The van der Waals surface area contributed by atoms with Gasteiger partial charge in [-0.15, -0.1) is 0 Å². The minimum absolute atomic E-state index is 0.195. The van der Waals surface area contributed by atoms with Crippen LogP contribution >= 0.6 is 0 Å². The smallest absolute Gasteiger partial charge is 0.316 e. The summed E-state index contributed by atoms with van der Waals surface area (Å²) in [5, 5.41) is 50.7. The largest absolute Gasteiger partial charge is 0.481 e. The van der Waals surface area contributed by atoms with Crippen molar-refractivity contribution < 1.29 is 44.6 Å². The number of hydrogen-bond donors (Lipinski definition) is 5. The Morgan fingerprint density at radius 2 is 1.31 bits per heavy atom. The van der Waals surface area contributed by atoms with E-state index in [4.69, 9.17) is 9.47 Å². The fourth-order valence-electron chi connectivity index (χ4n) is 4.48. The molecule has 0 aromatic rings. The number of aliphatic hydroxyl groups excluding tert-OH is 4. The summed E-state index contributed by atoms with van der Waals surface area (Å²) >= 11 is 0. The number of Topliss-reactive ketones (excluding diaryl/α,β-unsaturated/α-hetero) is 1. The first-order valence-corrected chi connectivity index (χ1v) is 13.4. The Kier molecular flexibility index (Phi) is 15.8. The minimum atomic E-state index is -1.65. The van der Waals surface area contributed by atoms with Crippen molar-refractivity contribution in [3.8, 4) is 0 Å². The van der Waals surface area contributed by atoms with E-state index in [1.165, 1.54) is 6.92 Å². The molecular formula is C26H48O9. The molecule has 0 spiro atoms. The van der Waals surface area contributed by atoms with E-state index in [0.29, 0.717) is 12.8 Å². The molecule has 0 aromatic carbocycles. The van der Waals surface area contributed by atoms with Crippen LogP contribution in [0.25, 0.3) is 0 Å². The molecule has 9 heteroatoms. The van der Waals surface area contributed by atoms with Crippen molar-refractivity contribution in [3.63, 3.8) is 0 Å². The van der Waals surface area contributed by atoms with Crippen LogP contribution < -0.4 is 0 Å². The fourth-order valence-corrected chi connectivity index (χ4v) is 4.48. The molecule has 35 heavy (non-hydrogen) atoms. The van der Waals surface area contributed by atoms with Gasteiger partial charge in [0.05, 0.1) is 12.2 Å². The second-order valence-corrected chi connectivity index (χ2v) is 9.85.